The SMILES string of the molecule is Fc1ccc(/C=C2/C(c3ccc(F)cc3)=C(c3ccc(F)cc3)c3cc(F)ccc32)cc1. The quantitative estimate of drug-likeness (QED) is 0.293. The van der Waals surface area contributed by atoms with Gasteiger partial charge < -0.3 is 0 Å². The molecule has 0 heterocycles. The van der Waals surface area contributed by atoms with E-state index in [0.717, 1.165) is 33.4 Å². The largest absolute Gasteiger partial charge is 0.207 e. The summed E-state index contributed by atoms with van der Waals surface area (Å²) in [5.41, 5.74) is 5.92. The van der Waals surface area contributed by atoms with Crippen LogP contribution in [0.1, 0.15) is 27.8 Å². The normalized spacial score (nSPS) is 14.2. The van der Waals surface area contributed by atoms with Gasteiger partial charge in [0.2, 0.25) is 0 Å². The van der Waals surface area contributed by atoms with E-state index in [1.165, 1.54) is 48.5 Å². The maximum atomic E-state index is 14.3. The van der Waals surface area contributed by atoms with Crippen LogP contribution >= 0.6 is 0 Å². The molecule has 0 nitrogen and oxygen atoms in total. The molecule has 1 aliphatic carbocycles. The molecule has 0 spiro atoms. The van der Waals surface area contributed by atoms with Crippen LogP contribution in [0.2, 0.25) is 0 Å². The highest BCUT2D eigenvalue weighted by Crippen LogP contribution is 2.50. The van der Waals surface area contributed by atoms with Gasteiger partial charge in [-0.25, -0.2) is 17.6 Å². The van der Waals surface area contributed by atoms with Crippen molar-refractivity contribution in [3.8, 4) is 0 Å². The Hall–Kier alpha value is -3.92. The fourth-order valence-electron chi connectivity index (χ4n) is 4.07. The van der Waals surface area contributed by atoms with Crippen molar-refractivity contribution in [3.63, 3.8) is 0 Å². The number of allylic oxidation sites excluding steroid dienone is 2. The molecule has 0 fully saturated rings. The fraction of sp³-hybridized carbons (Fsp3) is 0. The summed E-state index contributed by atoms with van der Waals surface area (Å²) in [4.78, 5) is 0. The number of halogens is 4. The summed E-state index contributed by atoms with van der Waals surface area (Å²) < 4.78 is 55.1. The summed E-state index contributed by atoms with van der Waals surface area (Å²) in [6, 6.07) is 22.6. The lowest BCUT2D eigenvalue weighted by molar-refractivity contribution is 0.626. The standard InChI is InChI=1S/C28H16F4/c29-20-7-1-17(2-8-20)15-25-24-14-13-23(32)16-26(24)28(19-5-11-22(31)12-6-19)27(25)18-3-9-21(30)10-4-18/h1-16H/b25-15+. The first-order valence-corrected chi connectivity index (χ1v) is 10.0. The van der Waals surface area contributed by atoms with E-state index in [1.807, 2.05) is 6.08 Å². The van der Waals surface area contributed by atoms with E-state index in [-0.39, 0.29) is 17.5 Å². The predicted octanol–water partition coefficient (Wildman–Crippen LogP) is 7.76. The van der Waals surface area contributed by atoms with Gasteiger partial charge in [0, 0.05) is 0 Å². The summed E-state index contributed by atoms with van der Waals surface area (Å²) in [5, 5.41) is 0. The topological polar surface area (TPSA) is 0 Å². The van der Waals surface area contributed by atoms with E-state index in [0.29, 0.717) is 11.1 Å². The lowest BCUT2D eigenvalue weighted by Gasteiger charge is -2.11. The van der Waals surface area contributed by atoms with Crippen LogP contribution in [0, 0.1) is 23.3 Å². The molecular formula is C28H16F4. The second-order valence-electron chi connectivity index (χ2n) is 7.56. The number of hydrogen-bond acceptors (Lipinski definition) is 0. The molecule has 0 N–H and O–H groups in total. The maximum Gasteiger partial charge on any atom is 0.123 e. The van der Waals surface area contributed by atoms with Crippen molar-refractivity contribution in [2.45, 2.75) is 0 Å². The second kappa shape index (κ2) is 7.97. The van der Waals surface area contributed by atoms with Gasteiger partial charge >= 0.3 is 0 Å². The van der Waals surface area contributed by atoms with Crippen LogP contribution in [-0.4, -0.2) is 0 Å². The molecule has 0 saturated heterocycles. The first kappa shape index (κ1) is 20.0. The average molecular weight is 428 g/mol. The molecule has 0 saturated carbocycles. The molecule has 5 rings (SSSR count). The van der Waals surface area contributed by atoms with Gasteiger partial charge in [-0.3, -0.25) is 0 Å². The molecule has 0 aliphatic heterocycles. The third-order valence-electron chi connectivity index (χ3n) is 5.51. The minimum atomic E-state index is -0.398. The van der Waals surface area contributed by atoms with Gasteiger partial charge in [0.15, 0.2) is 0 Å². The Balaban J connectivity index is 1.84. The van der Waals surface area contributed by atoms with Gasteiger partial charge in [-0.1, -0.05) is 42.5 Å². The fourth-order valence-corrected chi connectivity index (χ4v) is 4.07. The van der Waals surface area contributed by atoms with Gasteiger partial charge in [0.1, 0.15) is 23.3 Å². The van der Waals surface area contributed by atoms with Crippen molar-refractivity contribution >= 4 is 22.8 Å². The highest BCUT2D eigenvalue weighted by Gasteiger charge is 2.29. The molecule has 4 heteroatoms. The monoisotopic (exact) mass is 428 g/mol. The molecule has 0 unspecified atom stereocenters. The molecular weight excluding hydrogens is 412 g/mol. The van der Waals surface area contributed by atoms with E-state index in [2.05, 4.69) is 0 Å². The third-order valence-corrected chi connectivity index (χ3v) is 5.51. The molecule has 156 valence electrons. The number of fused-ring (bicyclic) bond motifs is 1. The summed E-state index contributed by atoms with van der Waals surface area (Å²) in [5.74, 6) is -1.49. The summed E-state index contributed by atoms with van der Waals surface area (Å²) in [7, 11) is 0. The molecule has 4 aromatic carbocycles. The minimum absolute atomic E-state index is 0.345. The first-order chi connectivity index (χ1) is 15.5. The van der Waals surface area contributed by atoms with Gasteiger partial charge in [0.25, 0.3) is 0 Å². The lowest BCUT2D eigenvalue weighted by Crippen LogP contribution is -1.91. The summed E-state index contributed by atoms with van der Waals surface area (Å²) in [6.45, 7) is 0. The van der Waals surface area contributed by atoms with Crippen LogP contribution < -0.4 is 0 Å². The highest BCUT2D eigenvalue weighted by molar-refractivity contribution is 6.27. The van der Waals surface area contributed by atoms with Crippen LogP contribution in [0.3, 0.4) is 0 Å². The Bertz CT molecular complexity index is 1360. The molecule has 0 atom stereocenters. The van der Waals surface area contributed by atoms with Crippen LogP contribution in [-0.2, 0) is 0 Å². The Labute approximate surface area is 182 Å². The average Bonchev–Trinajstić information content (AvgIpc) is 3.09. The second-order valence-corrected chi connectivity index (χ2v) is 7.56. The first-order valence-electron chi connectivity index (χ1n) is 10.0. The van der Waals surface area contributed by atoms with Crippen molar-refractivity contribution in [1.82, 2.24) is 0 Å². The molecule has 0 bridgehead atoms. The number of benzene rings is 4. The van der Waals surface area contributed by atoms with Gasteiger partial charge in [0.05, 0.1) is 0 Å². The number of hydrogen-bond donors (Lipinski definition) is 0. The Morgan fingerprint density at radius 1 is 0.438 bits per heavy atom. The molecule has 0 radical (unpaired) electrons. The highest BCUT2D eigenvalue weighted by atomic mass is 19.1. The van der Waals surface area contributed by atoms with Crippen molar-refractivity contribution in [1.29, 1.82) is 0 Å². The van der Waals surface area contributed by atoms with E-state index >= 15 is 0 Å². The van der Waals surface area contributed by atoms with E-state index in [4.69, 9.17) is 0 Å². The zero-order chi connectivity index (χ0) is 22.2. The smallest absolute Gasteiger partial charge is 0.123 e. The van der Waals surface area contributed by atoms with Gasteiger partial charge in [-0.2, -0.15) is 0 Å². The van der Waals surface area contributed by atoms with Gasteiger partial charge in [-0.15, -0.1) is 0 Å². The summed E-state index contributed by atoms with van der Waals surface area (Å²) >= 11 is 0. The molecule has 0 aromatic heterocycles. The zero-order valence-corrected chi connectivity index (χ0v) is 16.7. The molecule has 32 heavy (non-hydrogen) atoms. The Morgan fingerprint density at radius 2 is 0.906 bits per heavy atom. The number of rotatable bonds is 3. The molecule has 1 aliphatic rings. The van der Waals surface area contributed by atoms with Crippen molar-refractivity contribution in [3.05, 3.63) is 142 Å². The maximum absolute atomic E-state index is 14.3. The van der Waals surface area contributed by atoms with E-state index < -0.39 is 5.82 Å². The van der Waals surface area contributed by atoms with Crippen LogP contribution in [0.4, 0.5) is 17.6 Å². The molecule has 4 aromatic rings. The Morgan fingerprint density at radius 3 is 1.47 bits per heavy atom. The lowest BCUT2D eigenvalue weighted by atomic mass is 9.92. The predicted molar refractivity (Wildman–Crippen MR) is 119 cm³/mol. The van der Waals surface area contributed by atoms with Crippen LogP contribution in [0.15, 0.2) is 91.0 Å². The van der Waals surface area contributed by atoms with Crippen molar-refractivity contribution < 1.29 is 17.6 Å². The van der Waals surface area contributed by atoms with Crippen molar-refractivity contribution in [2.75, 3.05) is 0 Å². The van der Waals surface area contributed by atoms with E-state index in [9.17, 15) is 17.6 Å². The Kier molecular flexibility index (Phi) is 4.98. The van der Waals surface area contributed by atoms with Crippen molar-refractivity contribution in [2.24, 2.45) is 0 Å². The third kappa shape index (κ3) is 3.65. The van der Waals surface area contributed by atoms with Crippen LogP contribution in [0.25, 0.3) is 22.8 Å². The van der Waals surface area contributed by atoms with Crippen LogP contribution in [0.5, 0.6) is 0 Å². The van der Waals surface area contributed by atoms with Gasteiger partial charge in [-0.05, 0) is 99.1 Å². The minimum Gasteiger partial charge on any atom is -0.207 e. The van der Waals surface area contributed by atoms with E-state index in [1.54, 1.807) is 42.5 Å². The summed E-state index contributed by atoms with van der Waals surface area (Å²) in [6.07, 6.45) is 1.89. The molecule has 0 amide bonds. The zero-order valence-electron chi connectivity index (χ0n) is 16.7.